The third-order valence-electron chi connectivity index (χ3n) is 5.80. The average Bonchev–Trinajstić information content (AvgIpc) is 3.13. The SMILES string of the molecule is O=C(c1cccc(Oc2cccc(C(F)(F)F)c2)c1)N1CCN(C2CCS(=O)(=O)C2)CC1. The van der Waals surface area contributed by atoms with Crippen LogP contribution in [0.5, 0.6) is 11.5 Å². The van der Waals surface area contributed by atoms with Gasteiger partial charge in [-0.3, -0.25) is 9.69 Å². The molecule has 2 aliphatic rings. The Labute approximate surface area is 184 Å². The van der Waals surface area contributed by atoms with Crippen LogP contribution < -0.4 is 4.74 Å². The summed E-state index contributed by atoms with van der Waals surface area (Å²) in [6.45, 7) is 2.17. The van der Waals surface area contributed by atoms with Gasteiger partial charge in [0.05, 0.1) is 17.1 Å². The molecule has 4 rings (SSSR count). The van der Waals surface area contributed by atoms with Crippen LogP contribution >= 0.6 is 0 Å². The fourth-order valence-corrected chi connectivity index (χ4v) is 5.86. The number of rotatable bonds is 4. The minimum atomic E-state index is -4.47. The molecule has 0 bridgehead atoms. The van der Waals surface area contributed by atoms with E-state index in [2.05, 4.69) is 4.90 Å². The number of carbonyl (C=O) groups excluding carboxylic acids is 1. The van der Waals surface area contributed by atoms with Crippen LogP contribution in [0, 0.1) is 0 Å². The molecule has 0 aromatic heterocycles. The van der Waals surface area contributed by atoms with Crippen molar-refractivity contribution in [2.24, 2.45) is 0 Å². The van der Waals surface area contributed by atoms with Crippen molar-refractivity contribution in [3.05, 3.63) is 59.7 Å². The molecule has 2 aromatic rings. The molecule has 32 heavy (non-hydrogen) atoms. The summed E-state index contributed by atoms with van der Waals surface area (Å²) >= 11 is 0. The molecule has 0 saturated carbocycles. The molecule has 6 nitrogen and oxygen atoms in total. The highest BCUT2D eigenvalue weighted by molar-refractivity contribution is 7.91. The molecule has 0 aliphatic carbocycles. The lowest BCUT2D eigenvalue weighted by Gasteiger charge is -2.37. The molecule has 1 unspecified atom stereocenters. The second-order valence-corrected chi connectivity index (χ2v) is 10.3. The average molecular weight is 468 g/mol. The number of amides is 1. The standard InChI is InChI=1S/C22H23F3N2O4S/c23-22(24,25)17-4-2-6-20(14-17)31-19-5-1-3-16(13-19)21(28)27-10-8-26(9-11-27)18-7-12-32(29,30)15-18/h1-6,13-14,18H,7-12,15H2. The lowest BCUT2D eigenvalue weighted by atomic mass is 10.1. The molecule has 1 atom stereocenters. The Morgan fingerprint density at radius 2 is 1.62 bits per heavy atom. The number of sulfone groups is 1. The summed E-state index contributed by atoms with van der Waals surface area (Å²) in [4.78, 5) is 16.8. The quantitative estimate of drug-likeness (QED) is 0.688. The zero-order valence-corrected chi connectivity index (χ0v) is 18.0. The van der Waals surface area contributed by atoms with Crippen molar-refractivity contribution in [2.75, 3.05) is 37.7 Å². The maximum Gasteiger partial charge on any atom is 0.416 e. The largest absolute Gasteiger partial charge is 0.457 e. The third kappa shape index (κ3) is 5.24. The van der Waals surface area contributed by atoms with E-state index in [-0.39, 0.29) is 35.0 Å². The number of hydrogen-bond acceptors (Lipinski definition) is 5. The highest BCUT2D eigenvalue weighted by atomic mass is 32.2. The van der Waals surface area contributed by atoms with Gasteiger partial charge in [-0.05, 0) is 42.8 Å². The topological polar surface area (TPSA) is 66.9 Å². The number of piperazine rings is 1. The van der Waals surface area contributed by atoms with Crippen molar-refractivity contribution in [1.82, 2.24) is 9.80 Å². The number of carbonyl (C=O) groups is 1. The summed E-state index contributed by atoms with van der Waals surface area (Å²) in [5.41, 5.74) is -0.429. The van der Waals surface area contributed by atoms with Gasteiger partial charge in [0.15, 0.2) is 9.84 Å². The second-order valence-electron chi connectivity index (χ2n) is 8.04. The van der Waals surface area contributed by atoms with Crippen LogP contribution in [0.4, 0.5) is 13.2 Å². The monoisotopic (exact) mass is 468 g/mol. The molecule has 2 fully saturated rings. The van der Waals surface area contributed by atoms with Gasteiger partial charge in [0, 0.05) is 37.8 Å². The lowest BCUT2D eigenvalue weighted by molar-refractivity contribution is -0.137. The minimum absolute atomic E-state index is 0.0152. The van der Waals surface area contributed by atoms with Gasteiger partial charge in [-0.15, -0.1) is 0 Å². The third-order valence-corrected chi connectivity index (χ3v) is 7.55. The molecular weight excluding hydrogens is 445 g/mol. The summed E-state index contributed by atoms with van der Waals surface area (Å²) < 4.78 is 67.7. The predicted molar refractivity (Wildman–Crippen MR) is 112 cm³/mol. The van der Waals surface area contributed by atoms with Gasteiger partial charge in [-0.25, -0.2) is 8.42 Å². The lowest BCUT2D eigenvalue weighted by Crippen LogP contribution is -2.52. The maximum atomic E-state index is 12.9. The Morgan fingerprint density at radius 1 is 0.969 bits per heavy atom. The first-order valence-electron chi connectivity index (χ1n) is 10.3. The van der Waals surface area contributed by atoms with Gasteiger partial charge in [0.2, 0.25) is 0 Å². The molecular formula is C22H23F3N2O4S. The molecule has 1 amide bonds. The van der Waals surface area contributed by atoms with Crippen molar-refractivity contribution in [3.8, 4) is 11.5 Å². The number of hydrogen-bond donors (Lipinski definition) is 0. The van der Waals surface area contributed by atoms with E-state index in [4.69, 9.17) is 4.74 Å². The zero-order valence-electron chi connectivity index (χ0n) is 17.2. The van der Waals surface area contributed by atoms with E-state index in [0.717, 1.165) is 12.1 Å². The van der Waals surface area contributed by atoms with Crippen molar-refractivity contribution in [3.63, 3.8) is 0 Å². The van der Waals surface area contributed by atoms with Gasteiger partial charge < -0.3 is 9.64 Å². The maximum absolute atomic E-state index is 12.9. The normalized spacial score (nSPS) is 21.5. The molecule has 10 heteroatoms. The van der Waals surface area contributed by atoms with Crippen LogP contribution in [0.1, 0.15) is 22.3 Å². The Balaban J connectivity index is 1.39. The summed E-state index contributed by atoms with van der Waals surface area (Å²) in [6, 6.07) is 10.9. The number of nitrogens with zero attached hydrogens (tertiary/aromatic N) is 2. The van der Waals surface area contributed by atoms with E-state index in [1.807, 2.05) is 0 Å². The Bertz CT molecular complexity index is 1100. The van der Waals surface area contributed by atoms with Crippen LogP contribution in [0.3, 0.4) is 0 Å². The van der Waals surface area contributed by atoms with Crippen LogP contribution in [0.25, 0.3) is 0 Å². The van der Waals surface area contributed by atoms with E-state index >= 15 is 0 Å². The highest BCUT2D eigenvalue weighted by Gasteiger charge is 2.34. The first-order valence-corrected chi connectivity index (χ1v) is 12.1. The number of alkyl halides is 3. The first-order chi connectivity index (χ1) is 15.1. The number of benzene rings is 2. The molecule has 0 N–H and O–H groups in total. The van der Waals surface area contributed by atoms with E-state index in [1.54, 1.807) is 23.1 Å². The second kappa shape index (κ2) is 8.74. The molecule has 2 saturated heterocycles. The molecule has 2 aliphatic heterocycles. The molecule has 2 heterocycles. The zero-order chi connectivity index (χ0) is 22.9. The summed E-state index contributed by atoms with van der Waals surface area (Å²) in [5, 5.41) is 0. The van der Waals surface area contributed by atoms with E-state index in [0.29, 0.717) is 38.2 Å². The molecule has 172 valence electrons. The molecule has 0 spiro atoms. The van der Waals surface area contributed by atoms with Crippen molar-refractivity contribution >= 4 is 15.7 Å². The van der Waals surface area contributed by atoms with Crippen molar-refractivity contribution in [2.45, 2.75) is 18.6 Å². The number of ether oxygens (including phenoxy) is 1. The van der Waals surface area contributed by atoms with E-state index < -0.39 is 21.6 Å². The van der Waals surface area contributed by atoms with Crippen LogP contribution in [-0.4, -0.2) is 67.9 Å². The first kappa shape index (κ1) is 22.6. The van der Waals surface area contributed by atoms with Crippen molar-refractivity contribution in [1.29, 1.82) is 0 Å². The smallest absolute Gasteiger partial charge is 0.416 e. The highest BCUT2D eigenvalue weighted by Crippen LogP contribution is 2.33. The molecule has 0 radical (unpaired) electrons. The van der Waals surface area contributed by atoms with E-state index in [9.17, 15) is 26.4 Å². The summed E-state index contributed by atoms with van der Waals surface area (Å²) in [7, 11) is -2.96. The van der Waals surface area contributed by atoms with Gasteiger partial charge in [-0.2, -0.15) is 13.2 Å². The summed E-state index contributed by atoms with van der Waals surface area (Å²) in [5.74, 6) is 0.499. The number of halogens is 3. The fraction of sp³-hybridized carbons (Fsp3) is 0.409. The Morgan fingerprint density at radius 3 is 2.25 bits per heavy atom. The summed E-state index contributed by atoms with van der Waals surface area (Å²) in [6.07, 6.45) is -3.84. The fourth-order valence-electron chi connectivity index (χ4n) is 4.10. The minimum Gasteiger partial charge on any atom is -0.457 e. The molecule has 2 aromatic carbocycles. The van der Waals surface area contributed by atoms with Crippen molar-refractivity contribution < 1.29 is 31.1 Å². The van der Waals surface area contributed by atoms with Gasteiger partial charge in [0.25, 0.3) is 5.91 Å². The van der Waals surface area contributed by atoms with Gasteiger partial charge >= 0.3 is 6.18 Å². The predicted octanol–water partition coefficient (Wildman–Crippen LogP) is 3.44. The Hall–Kier alpha value is -2.59. The van der Waals surface area contributed by atoms with Gasteiger partial charge in [-0.1, -0.05) is 12.1 Å². The Kier molecular flexibility index (Phi) is 6.17. The van der Waals surface area contributed by atoms with E-state index in [1.165, 1.54) is 18.2 Å². The van der Waals surface area contributed by atoms with Gasteiger partial charge in [0.1, 0.15) is 11.5 Å². The van der Waals surface area contributed by atoms with Crippen LogP contribution in [0.2, 0.25) is 0 Å². The van der Waals surface area contributed by atoms with Crippen LogP contribution in [0.15, 0.2) is 48.5 Å². The van der Waals surface area contributed by atoms with Crippen LogP contribution in [-0.2, 0) is 16.0 Å².